The topological polar surface area (TPSA) is 83.1 Å². The molecule has 0 aromatic rings. The normalized spacial score (nSPS) is 37.4. The largest absolute Gasteiger partial charge is 0.444 e. The number of carbonyl (C=O) groups excluding carboxylic acids is 2. The fourth-order valence-corrected chi connectivity index (χ4v) is 7.71. The van der Waals surface area contributed by atoms with Crippen LogP contribution in [-0.4, -0.2) is 83.5 Å². The molecule has 8 atom stereocenters. The molecule has 2 amide bonds. The van der Waals surface area contributed by atoms with Gasteiger partial charge in [-0.05, 0) is 90.9 Å². The van der Waals surface area contributed by atoms with Crippen molar-refractivity contribution in [2.24, 2.45) is 23.7 Å². The molecule has 0 aliphatic carbocycles. The average Bonchev–Trinajstić information content (AvgIpc) is 3.54. The summed E-state index contributed by atoms with van der Waals surface area (Å²) in [5.74, 6) is 2.67. The summed E-state index contributed by atoms with van der Waals surface area (Å²) in [4.78, 5) is 28.6. The summed E-state index contributed by atoms with van der Waals surface area (Å²) < 4.78 is 11.1. The maximum absolute atomic E-state index is 12.2. The maximum Gasteiger partial charge on any atom is 0.410 e. The predicted octanol–water partition coefficient (Wildman–Crippen LogP) is 4.05. The van der Waals surface area contributed by atoms with E-state index in [1.807, 2.05) is 51.3 Å². The van der Waals surface area contributed by atoms with Gasteiger partial charge in [0.15, 0.2) is 0 Å². The number of nitrogens with zero attached hydrogens (tertiary/aromatic N) is 2. The van der Waals surface area contributed by atoms with Crippen molar-refractivity contribution in [3.63, 3.8) is 0 Å². The van der Waals surface area contributed by atoms with Crippen LogP contribution in [0, 0.1) is 23.7 Å². The lowest BCUT2D eigenvalue weighted by atomic mass is 9.82. The Morgan fingerprint density at radius 3 is 1.06 bits per heavy atom. The first kappa shape index (κ1) is 29.6. The number of hydrogen-bond donors (Lipinski definition) is 2. The van der Waals surface area contributed by atoms with Gasteiger partial charge < -0.3 is 29.9 Å². The van der Waals surface area contributed by atoms with E-state index in [0.717, 1.165) is 51.9 Å². The lowest BCUT2D eigenvalue weighted by molar-refractivity contribution is 0.0183. The van der Waals surface area contributed by atoms with E-state index < -0.39 is 0 Å². The highest BCUT2D eigenvalue weighted by Crippen LogP contribution is 2.48. The van der Waals surface area contributed by atoms with Crippen LogP contribution in [0.4, 0.5) is 9.59 Å². The lowest BCUT2D eigenvalue weighted by Crippen LogP contribution is -2.42. The molecule has 0 aromatic carbocycles. The molecular weight excluding hydrogens is 503 g/mol. The number of halogens is 2. The quantitative estimate of drug-likeness (QED) is 0.475. The van der Waals surface area contributed by atoms with Crippen molar-refractivity contribution in [1.29, 1.82) is 0 Å². The highest BCUT2D eigenvalue weighted by molar-refractivity contribution is 5.85. The zero-order valence-corrected chi connectivity index (χ0v) is 24.3. The van der Waals surface area contributed by atoms with Gasteiger partial charge >= 0.3 is 12.2 Å². The highest BCUT2D eigenvalue weighted by Gasteiger charge is 2.58. The molecule has 36 heavy (non-hydrogen) atoms. The van der Waals surface area contributed by atoms with Crippen LogP contribution in [0.1, 0.15) is 67.2 Å². The highest BCUT2D eigenvalue weighted by atomic mass is 35.5. The van der Waals surface area contributed by atoms with Crippen LogP contribution in [0.15, 0.2) is 0 Å². The number of rotatable bonds is 0. The van der Waals surface area contributed by atoms with E-state index in [-0.39, 0.29) is 48.2 Å². The van der Waals surface area contributed by atoms with E-state index in [1.54, 1.807) is 0 Å². The first-order chi connectivity index (χ1) is 15.9. The second kappa shape index (κ2) is 10.7. The summed E-state index contributed by atoms with van der Waals surface area (Å²) in [5.41, 5.74) is -0.765. The van der Waals surface area contributed by atoms with Crippen LogP contribution in [-0.2, 0) is 9.47 Å². The molecule has 6 heterocycles. The Morgan fingerprint density at radius 2 is 0.833 bits per heavy atom. The Bertz CT molecular complexity index is 715. The first-order valence-electron chi connectivity index (χ1n) is 13.4. The van der Waals surface area contributed by atoms with Gasteiger partial charge in [0.05, 0.1) is 0 Å². The van der Waals surface area contributed by atoms with Crippen LogP contribution in [0.5, 0.6) is 0 Å². The van der Waals surface area contributed by atoms with Gasteiger partial charge in [-0.2, -0.15) is 0 Å². The van der Waals surface area contributed by atoms with Crippen molar-refractivity contribution in [3.05, 3.63) is 0 Å². The van der Waals surface area contributed by atoms with Crippen LogP contribution in [0.2, 0.25) is 0 Å². The Labute approximate surface area is 228 Å². The molecule has 6 aliphatic heterocycles. The molecule has 0 radical (unpaired) electrons. The van der Waals surface area contributed by atoms with Crippen LogP contribution < -0.4 is 10.6 Å². The van der Waals surface area contributed by atoms with Gasteiger partial charge in [-0.25, -0.2) is 9.59 Å². The number of carbonyl (C=O) groups is 2. The Morgan fingerprint density at radius 1 is 0.583 bits per heavy atom. The molecule has 6 saturated heterocycles. The van der Waals surface area contributed by atoms with Gasteiger partial charge in [0.2, 0.25) is 0 Å². The zero-order valence-electron chi connectivity index (χ0n) is 22.6. The van der Waals surface area contributed by atoms with Gasteiger partial charge in [-0.1, -0.05) is 0 Å². The molecule has 208 valence electrons. The van der Waals surface area contributed by atoms with Crippen LogP contribution in [0.3, 0.4) is 0 Å². The standard InChI is InChI=1S/2C13H22N2O2.2ClH/c2*1-13(2,3)17-12(16)15-10-4-5-11(15)9-7-14-6-8(9)10;;/h2*8-11,14H,4-7H2,1-3H3;2*1H/t2*8-,9+,10-,11+;;. The molecule has 0 unspecified atom stereocenters. The van der Waals surface area contributed by atoms with Crippen molar-refractivity contribution in [2.75, 3.05) is 26.2 Å². The van der Waals surface area contributed by atoms with Gasteiger partial charge in [-0.15, -0.1) is 24.8 Å². The molecule has 6 rings (SSSR count). The Hall–Kier alpha value is -0.960. The van der Waals surface area contributed by atoms with Gasteiger partial charge in [0.1, 0.15) is 11.2 Å². The fraction of sp³-hybridized carbons (Fsp3) is 0.923. The summed E-state index contributed by atoms with van der Waals surface area (Å²) >= 11 is 0. The van der Waals surface area contributed by atoms with Gasteiger partial charge in [0.25, 0.3) is 0 Å². The molecule has 10 heteroatoms. The minimum absolute atomic E-state index is 0. The number of nitrogens with one attached hydrogen (secondary N) is 2. The third kappa shape index (κ3) is 5.43. The molecule has 6 fully saturated rings. The molecule has 0 saturated carbocycles. The van der Waals surface area contributed by atoms with E-state index in [0.29, 0.717) is 47.8 Å². The van der Waals surface area contributed by atoms with E-state index >= 15 is 0 Å². The molecular formula is C26H46Cl2N4O4. The van der Waals surface area contributed by atoms with E-state index in [9.17, 15) is 9.59 Å². The van der Waals surface area contributed by atoms with Crippen LogP contribution >= 0.6 is 24.8 Å². The van der Waals surface area contributed by atoms with Crippen LogP contribution in [0.25, 0.3) is 0 Å². The SMILES string of the molecule is CC(C)(C)OC(=O)N1[C@@H]2CC[C@H]1[C@H]1CNC[C@H]12.CC(C)(C)OC(=O)N1[C@@H]2CC[C@H]1[C@H]1CNC[C@H]12.Cl.Cl. The summed E-state index contributed by atoms with van der Waals surface area (Å²) in [6.07, 6.45) is 4.44. The third-order valence-electron chi connectivity index (χ3n) is 8.75. The Balaban J connectivity index is 0.000000190. The van der Waals surface area contributed by atoms with Crippen molar-refractivity contribution >= 4 is 37.0 Å². The monoisotopic (exact) mass is 548 g/mol. The number of hydrogen-bond acceptors (Lipinski definition) is 6. The second-order valence-corrected chi connectivity index (χ2v) is 13.2. The fourth-order valence-electron chi connectivity index (χ4n) is 7.71. The summed E-state index contributed by atoms with van der Waals surface area (Å²) in [6, 6.07) is 1.70. The zero-order chi connectivity index (χ0) is 24.4. The number of ether oxygens (including phenoxy) is 2. The van der Waals surface area contributed by atoms with Crippen molar-refractivity contribution in [3.8, 4) is 0 Å². The van der Waals surface area contributed by atoms with Crippen molar-refractivity contribution < 1.29 is 19.1 Å². The number of fused-ring (bicyclic) bond motifs is 10. The molecule has 0 spiro atoms. The molecule has 8 nitrogen and oxygen atoms in total. The lowest BCUT2D eigenvalue weighted by Gasteiger charge is -2.28. The second-order valence-electron chi connectivity index (χ2n) is 13.2. The van der Waals surface area contributed by atoms with E-state index in [4.69, 9.17) is 9.47 Å². The minimum Gasteiger partial charge on any atom is -0.444 e. The predicted molar refractivity (Wildman–Crippen MR) is 144 cm³/mol. The molecule has 0 aromatic heterocycles. The molecule has 4 bridgehead atoms. The van der Waals surface area contributed by atoms with E-state index in [1.165, 1.54) is 0 Å². The maximum atomic E-state index is 12.2. The molecule has 2 N–H and O–H groups in total. The van der Waals surface area contributed by atoms with E-state index in [2.05, 4.69) is 10.6 Å². The van der Waals surface area contributed by atoms with Crippen molar-refractivity contribution in [1.82, 2.24) is 20.4 Å². The summed E-state index contributed by atoms with van der Waals surface area (Å²) in [6.45, 7) is 15.9. The number of amides is 2. The molecule has 6 aliphatic rings. The van der Waals surface area contributed by atoms with Gasteiger partial charge in [-0.3, -0.25) is 0 Å². The minimum atomic E-state index is -0.382. The smallest absolute Gasteiger partial charge is 0.410 e. The third-order valence-corrected chi connectivity index (χ3v) is 8.75. The first-order valence-corrected chi connectivity index (χ1v) is 13.4. The van der Waals surface area contributed by atoms with Gasteiger partial charge in [0, 0.05) is 50.3 Å². The summed E-state index contributed by atoms with van der Waals surface area (Å²) in [7, 11) is 0. The summed E-state index contributed by atoms with van der Waals surface area (Å²) in [5, 5.41) is 6.91. The Kier molecular flexibility index (Phi) is 8.76. The van der Waals surface area contributed by atoms with Crippen molar-refractivity contribution in [2.45, 2.75) is 103 Å². The average molecular weight is 550 g/mol.